The first-order valence-corrected chi connectivity index (χ1v) is 7.08. The highest BCUT2D eigenvalue weighted by Gasteiger charge is 2.61. The molecule has 0 spiro atoms. The normalized spacial score (nSPS) is 14.5. The topological polar surface area (TPSA) is 12.4 Å². The van der Waals surface area contributed by atoms with Crippen molar-refractivity contribution in [1.29, 1.82) is 0 Å². The maximum atomic E-state index is 13.4. The zero-order chi connectivity index (χ0) is 17.7. The highest BCUT2D eigenvalue weighted by Crippen LogP contribution is 2.44. The van der Waals surface area contributed by atoms with Crippen LogP contribution in [0.2, 0.25) is 5.02 Å². The van der Waals surface area contributed by atoms with Gasteiger partial charge in [-0.2, -0.15) is 22.0 Å². The van der Waals surface area contributed by atoms with Crippen molar-refractivity contribution in [3.63, 3.8) is 0 Å². The quantitative estimate of drug-likeness (QED) is 0.583. The second-order valence-electron chi connectivity index (χ2n) is 5.28. The number of nitrogens with zero attached hydrogens (tertiary/aromatic N) is 1. The van der Waals surface area contributed by atoms with E-state index in [4.69, 9.17) is 11.6 Å². The second kappa shape index (κ2) is 5.51. The number of hydrogen-bond donors (Lipinski definition) is 0. The molecule has 8 heteroatoms. The Labute approximate surface area is 137 Å². The predicted molar refractivity (Wildman–Crippen MR) is 78.6 cm³/mol. The first kappa shape index (κ1) is 16.8. The zero-order valence-electron chi connectivity index (χ0n) is 11.8. The van der Waals surface area contributed by atoms with Gasteiger partial charge in [0.05, 0.1) is 10.7 Å². The van der Waals surface area contributed by atoms with Crippen LogP contribution in [0.15, 0.2) is 41.4 Å². The Kier molecular flexibility index (Phi) is 3.86. The molecule has 0 bridgehead atoms. The molecule has 2 aromatic carbocycles. The Bertz CT molecular complexity index is 824. The summed E-state index contributed by atoms with van der Waals surface area (Å²) in [5.41, 5.74) is -0.165. The molecule has 0 aromatic heterocycles. The molecule has 0 radical (unpaired) electrons. The molecule has 0 unspecified atom stereocenters. The van der Waals surface area contributed by atoms with E-state index in [0.29, 0.717) is 11.1 Å². The first-order chi connectivity index (χ1) is 11.1. The van der Waals surface area contributed by atoms with E-state index in [1.165, 1.54) is 36.4 Å². The highest BCUT2D eigenvalue weighted by molar-refractivity contribution is 6.33. The number of benzene rings is 2. The Hall–Kier alpha value is -2.02. The standard InChI is InChI=1S/C16H8ClF6N/c17-12-7-13-9(5-11(12)8-1-3-10(18)4-2-8)6-14(24-13)15(19,20)16(21,22)23/h1-5,7H,6H2. The fourth-order valence-corrected chi connectivity index (χ4v) is 2.68. The van der Waals surface area contributed by atoms with E-state index in [0.717, 1.165) is 0 Å². The number of hydrogen-bond acceptors (Lipinski definition) is 1. The maximum Gasteiger partial charge on any atom is 0.459 e. The van der Waals surface area contributed by atoms with Crippen LogP contribution < -0.4 is 0 Å². The Morgan fingerprint density at radius 1 is 0.958 bits per heavy atom. The number of fused-ring (bicyclic) bond motifs is 1. The molecule has 0 saturated carbocycles. The third-order valence-corrected chi connectivity index (χ3v) is 3.97. The molecule has 0 fully saturated rings. The summed E-state index contributed by atoms with van der Waals surface area (Å²) in [7, 11) is 0. The summed E-state index contributed by atoms with van der Waals surface area (Å²) in [6, 6.07) is 7.88. The summed E-state index contributed by atoms with van der Waals surface area (Å²) in [6.07, 6.45) is -6.34. The molecule has 126 valence electrons. The van der Waals surface area contributed by atoms with Gasteiger partial charge in [0.1, 0.15) is 11.5 Å². The molecular formula is C16H8ClF6N. The van der Waals surface area contributed by atoms with E-state index in [1.54, 1.807) is 0 Å². The van der Waals surface area contributed by atoms with E-state index < -0.39 is 30.0 Å². The summed E-state index contributed by atoms with van der Waals surface area (Å²) < 4.78 is 77.3. The fourth-order valence-electron chi connectivity index (χ4n) is 2.41. The molecule has 3 rings (SSSR count). The monoisotopic (exact) mass is 363 g/mol. The number of halogens is 7. The van der Waals surface area contributed by atoms with Crippen molar-refractivity contribution in [3.05, 3.63) is 52.8 Å². The lowest BCUT2D eigenvalue weighted by molar-refractivity contribution is -0.249. The van der Waals surface area contributed by atoms with Crippen LogP contribution in [0.25, 0.3) is 11.1 Å². The van der Waals surface area contributed by atoms with E-state index >= 15 is 0 Å². The van der Waals surface area contributed by atoms with Crippen LogP contribution in [0.5, 0.6) is 0 Å². The van der Waals surface area contributed by atoms with Crippen LogP contribution in [0.1, 0.15) is 5.56 Å². The highest BCUT2D eigenvalue weighted by atomic mass is 35.5. The molecule has 0 atom stereocenters. The van der Waals surface area contributed by atoms with Crippen LogP contribution in [0.3, 0.4) is 0 Å². The van der Waals surface area contributed by atoms with Gasteiger partial charge in [0.15, 0.2) is 0 Å². The average molecular weight is 364 g/mol. The summed E-state index contributed by atoms with van der Waals surface area (Å²) in [5, 5.41) is 0.126. The van der Waals surface area contributed by atoms with Gasteiger partial charge in [0.25, 0.3) is 0 Å². The number of aliphatic imine (C=N–C) groups is 1. The summed E-state index contributed by atoms with van der Waals surface area (Å²) >= 11 is 6.06. The van der Waals surface area contributed by atoms with E-state index in [1.807, 2.05) is 0 Å². The van der Waals surface area contributed by atoms with Crippen molar-refractivity contribution in [2.75, 3.05) is 0 Å². The van der Waals surface area contributed by atoms with E-state index in [-0.39, 0.29) is 16.3 Å². The Morgan fingerprint density at radius 2 is 1.58 bits per heavy atom. The van der Waals surface area contributed by atoms with Crippen molar-refractivity contribution < 1.29 is 26.3 Å². The minimum atomic E-state index is -5.71. The molecule has 24 heavy (non-hydrogen) atoms. The van der Waals surface area contributed by atoms with Crippen molar-refractivity contribution in [1.82, 2.24) is 0 Å². The SMILES string of the molecule is Fc1ccc(-c2cc3c(cc2Cl)N=C(C(F)(F)C(F)(F)F)C3)cc1. The van der Waals surface area contributed by atoms with E-state index in [2.05, 4.69) is 4.99 Å². The first-order valence-electron chi connectivity index (χ1n) is 6.70. The van der Waals surface area contributed by atoms with Gasteiger partial charge in [-0.05, 0) is 35.4 Å². The summed E-state index contributed by atoms with van der Waals surface area (Å²) in [5.74, 6) is -5.47. The van der Waals surface area contributed by atoms with Gasteiger partial charge in [-0.1, -0.05) is 23.7 Å². The minimum absolute atomic E-state index is 0.0233. The van der Waals surface area contributed by atoms with Gasteiger partial charge in [-0.25, -0.2) is 4.39 Å². The molecule has 1 aliphatic rings. The Balaban J connectivity index is 1.99. The lowest BCUT2D eigenvalue weighted by Crippen LogP contribution is -2.44. The third-order valence-electron chi connectivity index (χ3n) is 3.66. The van der Waals surface area contributed by atoms with Crippen LogP contribution in [-0.4, -0.2) is 17.8 Å². The van der Waals surface area contributed by atoms with Gasteiger partial charge in [-0.15, -0.1) is 0 Å². The van der Waals surface area contributed by atoms with Crippen LogP contribution in [-0.2, 0) is 6.42 Å². The average Bonchev–Trinajstić information content (AvgIpc) is 2.89. The summed E-state index contributed by atoms with van der Waals surface area (Å²) in [4.78, 5) is 3.40. The predicted octanol–water partition coefficient (Wildman–Crippen LogP) is 5.97. The smallest absolute Gasteiger partial charge is 0.250 e. The number of alkyl halides is 5. The largest absolute Gasteiger partial charge is 0.459 e. The van der Waals surface area contributed by atoms with Gasteiger partial charge < -0.3 is 0 Å². The van der Waals surface area contributed by atoms with Crippen molar-refractivity contribution in [2.45, 2.75) is 18.5 Å². The molecule has 1 aliphatic heterocycles. The van der Waals surface area contributed by atoms with Crippen LogP contribution in [0, 0.1) is 5.82 Å². The lowest BCUT2D eigenvalue weighted by Gasteiger charge is -2.19. The molecule has 2 aromatic rings. The molecule has 0 N–H and O–H groups in total. The fraction of sp³-hybridized carbons (Fsp3) is 0.188. The van der Waals surface area contributed by atoms with Gasteiger partial charge >= 0.3 is 12.1 Å². The van der Waals surface area contributed by atoms with Crippen molar-refractivity contribution >= 4 is 23.0 Å². The zero-order valence-corrected chi connectivity index (χ0v) is 12.5. The van der Waals surface area contributed by atoms with Crippen LogP contribution in [0.4, 0.5) is 32.0 Å². The molecule has 0 saturated heterocycles. The van der Waals surface area contributed by atoms with E-state index in [9.17, 15) is 26.3 Å². The minimum Gasteiger partial charge on any atom is -0.250 e. The molecule has 1 heterocycles. The molecule has 1 nitrogen and oxygen atoms in total. The second-order valence-corrected chi connectivity index (χ2v) is 5.68. The third kappa shape index (κ3) is 2.77. The number of rotatable bonds is 2. The van der Waals surface area contributed by atoms with Crippen molar-refractivity contribution in [3.8, 4) is 11.1 Å². The summed E-state index contributed by atoms with van der Waals surface area (Å²) in [6.45, 7) is 0. The van der Waals surface area contributed by atoms with Crippen molar-refractivity contribution in [2.24, 2.45) is 4.99 Å². The van der Waals surface area contributed by atoms with Crippen LogP contribution >= 0.6 is 11.6 Å². The van der Waals surface area contributed by atoms with Gasteiger partial charge in [-0.3, -0.25) is 4.99 Å². The lowest BCUT2D eigenvalue weighted by atomic mass is 9.99. The molecule has 0 amide bonds. The van der Waals surface area contributed by atoms with Gasteiger partial charge in [0, 0.05) is 12.0 Å². The maximum absolute atomic E-state index is 13.4. The Morgan fingerprint density at radius 3 is 2.17 bits per heavy atom. The van der Waals surface area contributed by atoms with Gasteiger partial charge in [0.2, 0.25) is 0 Å². The molecular weight excluding hydrogens is 356 g/mol. The molecule has 0 aliphatic carbocycles.